The SMILES string of the molecule is CC(=O)OC[C@@H]1S[C@H](CCCOCC(C)(COCCC[C@H]2S[C@@H](COC(C)=O)[C@@H](OC(C)=O)[C@H](OC(C)=O)[C@@H]2OC(C)=O)COCCC[C@H]2S[C@@H](COC(C)=O)[C@@H](OC(C)=O)[C@H](OC(C)=O)[C@@H]2OC(C)=O)[C@H](OC(C)=O)[C@@H](OC(C)=O)[C@@H]1OC(C)=O. The van der Waals surface area contributed by atoms with Crippen molar-refractivity contribution in [1.29, 1.82) is 0 Å². The fraction of sp³-hybridized carbons (Fsp3) is 0.786. The summed E-state index contributed by atoms with van der Waals surface area (Å²) in [5.74, 6) is -8.15. The molecule has 27 nitrogen and oxygen atoms in total. The lowest BCUT2D eigenvalue weighted by Gasteiger charge is -2.44. The fourth-order valence-electron chi connectivity index (χ4n) is 9.89. The zero-order valence-corrected chi connectivity index (χ0v) is 53.5. The molecule has 3 saturated heterocycles. The minimum Gasteiger partial charge on any atom is -0.465 e. The largest absolute Gasteiger partial charge is 0.465 e. The van der Waals surface area contributed by atoms with Crippen LogP contribution in [0.15, 0.2) is 0 Å². The molecular formula is C56H84O27S3. The van der Waals surface area contributed by atoms with E-state index in [2.05, 4.69) is 0 Å². The quantitative estimate of drug-likeness (QED) is 0.0510. The van der Waals surface area contributed by atoms with Gasteiger partial charge in [0.15, 0.2) is 54.9 Å². The van der Waals surface area contributed by atoms with Crippen molar-refractivity contribution in [1.82, 2.24) is 0 Å². The van der Waals surface area contributed by atoms with Crippen LogP contribution < -0.4 is 0 Å². The van der Waals surface area contributed by atoms with E-state index in [9.17, 15) is 57.5 Å². The molecule has 0 bridgehead atoms. The standard InChI is InChI=1S/C56H84O27S3/c1-29(57)72-23-44-50(78-35(7)63)53(81-38(10)66)47(75-32(4)60)41(84-44)17-14-20-69-26-56(13,27-70-21-15-18-42-48(76-33(5)61)54(82-39(11)67)51(79-36(8)64)45(85-42)24-73-30(2)58)28-71-22-16-19-43-49(77-34(6)62)55(83-40(12)68)52(80-37(9)65)46(86-43)25-74-31(3)59/h41-55H,14-28H2,1-13H3/t41-,42-,43-,44+,45+,46+,47-,48-,49+,50-,51-,52-,53-,54-,55-/m1/s1. The molecule has 30 heteroatoms. The molecule has 0 spiro atoms. The summed E-state index contributed by atoms with van der Waals surface area (Å²) in [6, 6.07) is 0. The van der Waals surface area contributed by atoms with Gasteiger partial charge in [-0.15, -0.1) is 35.3 Å². The van der Waals surface area contributed by atoms with E-state index in [4.69, 9.17) is 71.1 Å². The number of esters is 12. The Kier molecular flexibility index (Phi) is 32.6. The molecule has 0 amide bonds. The zero-order chi connectivity index (χ0) is 64.4. The topological polar surface area (TPSA) is 343 Å². The van der Waals surface area contributed by atoms with Gasteiger partial charge in [-0.3, -0.25) is 57.5 Å². The summed E-state index contributed by atoms with van der Waals surface area (Å²) in [5, 5.41) is -3.86. The molecule has 0 aliphatic carbocycles. The van der Waals surface area contributed by atoms with Gasteiger partial charge < -0.3 is 71.1 Å². The first kappa shape index (κ1) is 74.8. The second-order valence-electron chi connectivity index (χ2n) is 21.1. The highest BCUT2D eigenvalue weighted by Crippen LogP contribution is 2.43. The molecule has 0 N–H and O–H groups in total. The number of thioether (sulfide) groups is 3. The summed E-state index contributed by atoms with van der Waals surface area (Å²) >= 11 is 3.75. The van der Waals surface area contributed by atoms with Crippen LogP contribution in [0.1, 0.15) is 129 Å². The van der Waals surface area contributed by atoms with Gasteiger partial charge in [-0.25, -0.2) is 0 Å². The number of hydrogen-bond acceptors (Lipinski definition) is 30. The molecule has 0 unspecified atom stereocenters. The third-order valence-corrected chi connectivity index (χ3v) is 17.8. The van der Waals surface area contributed by atoms with Crippen molar-refractivity contribution >= 4 is 107 Å². The van der Waals surface area contributed by atoms with Gasteiger partial charge >= 0.3 is 71.6 Å². The van der Waals surface area contributed by atoms with E-state index in [1.54, 1.807) is 0 Å². The maximum absolute atomic E-state index is 12.5. The molecular weight excluding hydrogens is 1200 g/mol. The predicted molar refractivity (Wildman–Crippen MR) is 304 cm³/mol. The van der Waals surface area contributed by atoms with Crippen LogP contribution in [0, 0.1) is 5.41 Å². The van der Waals surface area contributed by atoms with Crippen LogP contribution in [-0.2, 0) is 129 Å². The lowest BCUT2D eigenvalue weighted by molar-refractivity contribution is -0.186. The molecule has 3 heterocycles. The van der Waals surface area contributed by atoms with Crippen molar-refractivity contribution in [2.24, 2.45) is 5.41 Å². The van der Waals surface area contributed by atoms with E-state index in [1.807, 2.05) is 6.92 Å². The van der Waals surface area contributed by atoms with Gasteiger partial charge in [0, 0.05) is 124 Å². The smallest absolute Gasteiger partial charge is 0.303 e. The second kappa shape index (κ2) is 37.4. The second-order valence-corrected chi connectivity index (χ2v) is 25.6. The van der Waals surface area contributed by atoms with Crippen molar-refractivity contribution in [3.8, 4) is 0 Å². The van der Waals surface area contributed by atoms with E-state index >= 15 is 0 Å². The average molecular weight is 1290 g/mol. The average Bonchev–Trinajstić information content (AvgIpc) is 1.95. The third kappa shape index (κ3) is 26.9. The van der Waals surface area contributed by atoms with Gasteiger partial charge in [-0.2, -0.15) is 0 Å². The molecule has 3 rings (SSSR count). The van der Waals surface area contributed by atoms with Crippen LogP contribution >= 0.6 is 35.3 Å². The maximum atomic E-state index is 12.5. The number of rotatable bonds is 33. The predicted octanol–water partition coefficient (Wildman–Crippen LogP) is 3.91. The molecule has 0 saturated carbocycles. The first-order valence-corrected chi connectivity index (χ1v) is 30.9. The molecule has 15 atom stereocenters. The van der Waals surface area contributed by atoms with Crippen molar-refractivity contribution in [3.63, 3.8) is 0 Å². The Balaban J connectivity index is 1.88. The van der Waals surface area contributed by atoms with Gasteiger partial charge in [0.05, 0.1) is 35.6 Å². The molecule has 0 aromatic rings. The van der Waals surface area contributed by atoms with Crippen molar-refractivity contribution in [3.05, 3.63) is 0 Å². The summed E-state index contributed by atoms with van der Waals surface area (Å²) < 4.78 is 85.8. The number of carbonyl (C=O) groups excluding carboxylic acids is 12. The van der Waals surface area contributed by atoms with Crippen LogP contribution in [0.25, 0.3) is 0 Å². The fourth-order valence-corrected chi connectivity index (χ4v) is 14.8. The molecule has 0 radical (unpaired) electrons. The lowest BCUT2D eigenvalue weighted by atomic mass is 9.94. The molecule has 86 heavy (non-hydrogen) atoms. The van der Waals surface area contributed by atoms with E-state index in [0.29, 0.717) is 38.5 Å². The molecule has 0 aromatic carbocycles. The summed E-state index contributed by atoms with van der Waals surface area (Å²) in [6.07, 6.45) is -8.37. The number of ether oxygens (including phenoxy) is 15. The van der Waals surface area contributed by atoms with Crippen molar-refractivity contribution < 1.29 is 129 Å². The third-order valence-electron chi connectivity index (χ3n) is 12.9. The Hall–Kier alpha value is -5.43. The lowest BCUT2D eigenvalue weighted by Crippen LogP contribution is -2.58. The van der Waals surface area contributed by atoms with Crippen molar-refractivity contribution in [2.45, 2.75) is 215 Å². The molecule has 3 aliphatic rings. The maximum Gasteiger partial charge on any atom is 0.303 e. The first-order chi connectivity index (χ1) is 40.4. The molecule has 488 valence electrons. The van der Waals surface area contributed by atoms with E-state index in [1.165, 1.54) is 97.6 Å². The number of carbonyl (C=O) groups is 12. The van der Waals surface area contributed by atoms with E-state index in [-0.39, 0.29) is 59.5 Å². The van der Waals surface area contributed by atoms with Gasteiger partial charge in [0.2, 0.25) is 0 Å². The normalized spacial score (nSPS) is 27.1. The van der Waals surface area contributed by atoms with Crippen LogP contribution in [0.4, 0.5) is 0 Å². The molecule has 0 aromatic heterocycles. The highest BCUT2D eigenvalue weighted by Gasteiger charge is 2.54. The Morgan fingerprint density at radius 1 is 0.279 bits per heavy atom. The van der Waals surface area contributed by atoms with Gasteiger partial charge in [-0.1, -0.05) is 6.92 Å². The summed E-state index contributed by atoms with van der Waals surface area (Å²) in [5.41, 5.74) is -0.855. The Morgan fingerprint density at radius 3 is 0.651 bits per heavy atom. The van der Waals surface area contributed by atoms with E-state index in [0.717, 1.165) is 20.8 Å². The van der Waals surface area contributed by atoms with Gasteiger partial charge in [0.1, 0.15) is 19.8 Å². The molecule has 3 aliphatic heterocycles. The highest BCUT2D eigenvalue weighted by atomic mass is 32.2. The highest BCUT2D eigenvalue weighted by molar-refractivity contribution is 8.01. The van der Waals surface area contributed by atoms with Crippen LogP contribution in [0.2, 0.25) is 0 Å². The Bertz CT molecular complexity index is 2070. The van der Waals surface area contributed by atoms with Gasteiger partial charge in [-0.05, 0) is 38.5 Å². The number of hydrogen-bond donors (Lipinski definition) is 0. The zero-order valence-electron chi connectivity index (χ0n) is 51.0. The summed E-state index contributed by atoms with van der Waals surface area (Å²) in [6.45, 7) is 16.1. The Morgan fingerprint density at radius 2 is 0.465 bits per heavy atom. The Labute approximate surface area is 513 Å². The summed E-state index contributed by atoms with van der Waals surface area (Å²) in [7, 11) is 0. The van der Waals surface area contributed by atoms with Crippen molar-refractivity contribution in [2.75, 3.05) is 59.5 Å². The van der Waals surface area contributed by atoms with Crippen LogP contribution in [0.5, 0.6) is 0 Å². The van der Waals surface area contributed by atoms with E-state index < -0.39 is 163 Å². The minimum absolute atomic E-state index is 0.0662. The van der Waals surface area contributed by atoms with Crippen LogP contribution in [0.3, 0.4) is 0 Å². The minimum atomic E-state index is -1.25. The molecule has 3 fully saturated rings. The van der Waals surface area contributed by atoms with Crippen LogP contribution in [-0.4, -0.2) is 218 Å². The first-order valence-electron chi connectivity index (χ1n) is 28.0. The monoisotopic (exact) mass is 1280 g/mol. The van der Waals surface area contributed by atoms with Gasteiger partial charge in [0.25, 0.3) is 0 Å². The summed E-state index contributed by atoms with van der Waals surface area (Å²) in [4.78, 5) is 147.